The molecule has 0 spiro atoms. The van der Waals surface area contributed by atoms with Gasteiger partial charge >= 0.3 is 0 Å². The zero-order valence-corrected chi connectivity index (χ0v) is 14.3. The fourth-order valence-corrected chi connectivity index (χ4v) is 2.97. The molecule has 0 fully saturated rings. The number of fused-ring (bicyclic) bond motifs is 1. The lowest BCUT2D eigenvalue weighted by Gasteiger charge is -2.07. The van der Waals surface area contributed by atoms with E-state index in [0.717, 1.165) is 27.5 Å². The third-order valence-electron chi connectivity index (χ3n) is 4.30. The quantitative estimate of drug-likeness (QED) is 0.597. The van der Waals surface area contributed by atoms with E-state index in [4.69, 9.17) is 4.63 Å². The van der Waals surface area contributed by atoms with Gasteiger partial charge in [-0.15, -0.1) is 0 Å². The predicted molar refractivity (Wildman–Crippen MR) is 101 cm³/mol. The smallest absolute Gasteiger partial charge is 0.230 e. The topological polar surface area (TPSA) is 68.0 Å². The molecule has 1 N–H and O–H groups in total. The Bertz CT molecular complexity index is 1060. The van der Waals surface area contributed by atoms with Crippen molar-refractivity contribution in [1.82, 2.24) is 10.3 Å². The fourth-order valence-electron chi connectivity index (χ4n) is 2.97. The number of aryl methyl sites for hydroxylation is 1. The molecule has 5 heteroatoms. The Hall–Kier alpha value is -3.47. The molecule has 0 radical (unpaired) electrons. The SMILES string of the molecule is Cc1ccc(-c2nonc2NC(=O)Cc2cccc3ccccc23)cc1. The van der Waals surface area contributed by atoms with Gasteiger partial charge in [0, 0.05) is 5.56 Å². The van der Waals surface area contributed by atoms with E-state index in [9.17, 15) is 4.79 Å². The number of anilines is 1. The van der Waals surface area contributed by atoms with Gasteiger partial charge in [-0.1, -0.05) is 72.3 Å². The van der Waals surface area contributed by atoms with Gasteiger partial charge in [0.2, 0.25) is 11.7 Å². The average Bonchev–Trinajstić information content (AvgIpc) is 3.10. The van der Waals surface area contributed by atoms with Crippen molar-refractivity contribution in [2.75, 3.05) is 5.32 Å². The zero-order valence-electron chi connectivity index (χ0n) is 14.3. The summed E-state index contributed by atoms with van der Waals surface area (Å²) in [5, 5.41) is 12.8. The van der Waals surface area contributed by atoms with Crippen LogP contribution in [0.4, 0.5) is 5.82 Å². The van der Waals surface area contributed by atoms with Crippen LogP contribution >= 0.6 is 0 Å². The molecule has 0 saturated carbocycles. The van der Waals surface area contributed by atoms with Crippen LogP contribution in [0, 0.1) is 6.92 Å². The van der Waals surface area contributed by atoms with Gasteiger partial charge in [0.15, 0.2) is 5.69 Å². The Morgan fingerprint density at radius 2 is 1.73 bits per heavy atom. The summed E-state index contributed by atoms with van der Waals surface area (Å²) in [5.74, 6) is 0.171. The van der Waals surface area contributed by atoms with E-state index in [1.54, 1.807) is 0 Å². The molecule has 26 heavy (non-hydrogen) atoms. The maximum atomic E-state index is 12.5. The standard InChI is InChI=1S/C21H17N3O2/c1-14-9-11-16(12-10-14)20-21(24-26-23-20)22-19(25)13-17-7-4-6-15-5-2-3-8-18(15)17/h2-12H,13H2,1H3,(H,22,24,25). The molecule has 4 aromatic rings. The zero-order chi connectivity index (χ0) is 17.9. The molecule has 1 amide bonds. The molecule has 3 aromatic carbocycles. The van der Waals surface area contributed by atoms with E-state index in [1.807, 2.05) is 73.7 Å². The van der Waals surface area contributed by atoms with E-state index in [1.165, 1.54) is 0 Å². The maximum Gasteiger partial charge on any atom is 0.230 e. The van der Waals surface area contributed by atoms with Crippen LogP contribution in [0.25, 0.3) is 22.0 Å². The summed E-state index contributed by atoms with van der Waals surface area (Å²) in [6.45, 7) is 2.01. The highest BCUT2D eigenvalue weighted by molar-refractivity contribution is 5.97. The first-order valence-electron chi connectivity index (χ1n) is 8.37. The maximum absolute atomic E-state index is 12.5. The van der Waals surface area contributed by atoms with Gasteiger partial charge in [-0.25, -0.2) is 4.63 Å². The monoisotopic (exact) mass is 343 g/mol. The highest BCUT2D eigenvalue weighted by Gasteiger charge is 2.16. The molecule has 5 nitrogen and oxygen atoms in total. The number of nitrogens with zero attached hydrogens (tertiary/aromatic N) is 2. The van der Waals surface area contributed by atoms with Gasteiger partial charge in [-0.3, -0.25) is 4.79 Å². The molecule has 1 heterocycles. The van der Waals surface area contributed by atoms with Crippen LogP contribution < -0.4 is 5.32 Å². The number of carbonyl (C=O) groups is 1. The molecule has 0 atom stereocenters. The number of carbonyl (C=O) groups excluding carboxylic acids is 1. The van der Waals surface area contributed by atoms with E-state index >= 15 is 0 Å². The molecule has 0 bridgehead atoms. The van der Waals surface area contributed by atoms with E-state index < -0.39 is 0 Å². The highest BCUT2D eigenvalue weighted by atomic mass is 16.6. The van der Waals surface area contributed by atoms with E-state index in [-0.39, 0.29) is 12.3 Å². The molecular weight excluding hydrogens is 326 g/mol. The largest absolute Gasteiger partial charge is 0.306 e. The van der Waals surface area contributed by atoms with Gasteiger partial charge in [0.25, 0.3) is 0 Å². The lowest BCUT2D eigenvalue weighted by Crippen LogP contribution is -2.15. The summed E-state index contributed by atoms with van der Waals surface area (Å²) in [7, 11) is 0. The second kappa shape index (κ2) is 6.80. The number of benzene rings is 3. The van der Waals surface area contributed by atoms with E-state index in [0.29, 0.717) is 11.5 Å². The minimum Gasteiger partial charge on any atom is -0.306 e. The Kier molecular flexibility index (Phi) is 4.19. The van der Waals surface area contributed by atoms with Crippen molar-refractivity contribution in [2.24, 2.45) is 0 Å². The molecule has 0 aliphatic rings. The lowest BCUT2D eigenvalue weighted by molar-refractivity contribution is -0.115. The summed E-state index contributed by atoms with van der Waals surface area (Å²) in [6, 6.07) is 21.8. The third kappa shape index (κ3) is 3.19. The molecule has 0 unspecified atom stereocenters. The van der Waals surface area contributed by atoms with Crippen molar-refractivity contribution in [3.8, 4) is 11.3 Å². The van der Waals surface area contributed by atoms with Crippen molar-refractivity contribution < 1.29 is 9.42 Å². The van der Waals surface area contributed by atoms with Crippen LogP contribution in [0.3, 0.4) is 0 Å². The van der Waals surface area contributed by atoms with Gasteiger partial charge in [-0.2, -0.15) is 0 Å². The molecule has 4 rings (SSSR count). The number of hydrogen-bond acceptors (Lipinski definition) is 4. The summed E-state index contributed by atoms with van der Waals surface area (Å²) < 4.78 is 4.84. The van der Waals surface area contributed by atoms with E-state index in [2.05, 4.69) is 15.6 Å². The van der Waals surface area contributed by atoms with Crippen LogP contribution in [-0.4, -0.2) is 16.2 Å². The van der Waals surface area contributed by atoms with Crippen LogP contribution in [0.2, 0.25) is 0 Å². The predicted octanol–water partition coefficient (Wildman–Crippen LogP) is 4.38. The summed E-state index contributed by atoms with van der Waals surface area (Å²) in [6.07, 6.45) is 0.252. The minimum atomic E-state index is -0.162. The highest BCUT2D eigenvalue weighted by Crippen LogP contribution is 2.25. The molecule has 1 aromatic heterocycles. The van der Waals surface area contributed by atoms with Crippen molar-refractivity contribution in [3.05, 3.63) is 77.9 Å². The van der Waals surface area contributed by atoms with Crippen molar-refractivity contribution in [2.45, 2.75) is 13.3 Å². The summed E-state index contributed by atoms with van der Waals surface area (Å²) >= 11 is 0. The molecule has 0 saturated heterocycles. The number of rotatable bonds is 4. The Morgan fingerprint density at radius 1 is 0.962 bits per heavy atom. The fraction of sp³-hybridized carbons (Fsp3) is 0.0952. The second-order valence-corrected chi connectivity index (χ2v) is 6.19. The van der Waals surface area contributed by atoms with Gasteiger partial charge in [0.05, 0.1) is 6.42 Å². The normalized spacial score (nSPS) is 10.8. The van der Waals surface area contributed by atoms with Crippen molar-refractivity contribution in [1.29, 1.82) is 0 Å². The Labute approximate surface area is 150 Å². The average molecular weight is 343 g/mol. The van der Waals surface area contributed by atoms with Gasteiger partial charge in [-0.05, 0) is 33.6 Å². The van der Waals surface area contributed by atoms with Crippen molar-refractivity contribution in [3.63, 3.8) is 0 Å². The Balaban J connectivity index is 1.56. The second-order valence-electron chi connectivity index (χ2n) is 6.19. The summed E-state index contributed by atoms with van der Waals surface area (Å²) in [5.41, 5.74) is 3.48. The first-order chi connectivity index (χ1) is 12.7. The van der Waals surface area contributed by atoms with Crippen LogP contribution in [-0.2, 0) is 11.2 Å². The Morgan fingerprint density at radius 3 is 2.58 bits per heavy atom. The number of aromatic nitrogens is 2. The molecule has 0 aliphatic carbocycles. The molecular formula is C21H17N3O2. The van der Waals surface area contributed by atoms with Crippen LogP contribution in [0.15, 0.2) is 71.4 Å². The molecule has 0 aliphatic heterocycles. The van der Waals surface area contributed by atoms with Crippen LogP contribution in [0.1, 0.15) is 11.1 Å². The minimum absolute atomic E-state index is 0.162. The number of nitrogens with one attached hydrogen (secondary N) is 1. The first kappa shape index (κ1) is 16.0. The number of hydrogen-bond donors (Lipinski definition) is 1. The lowest BCUT2D eigenvalue weighted by atomic mass is 10.0. The van der Waals surface area contributed by atoms with Gasteiger partial charge < -0.3 is 5.32 Å². The number of amides is 1. The molecule has 128 valence electrons. The van der Waals surface area contributed by atoms with Gasteiger partial charge in [0.1, 0.15) is 0 Å². The van der Waals surface area contributed by atoms with Crippen molar-refractivity contribution >= 4 is 22.5 Å². The first-order valence-corrected chi connectivity index (χ1v) is 8.37. The third-order valence-corrected chi connectivity index (χ3v) is 4.30. The summed E-state index contributed by atoms with van der Waals surface area (Å²) in [4.78, 5) is 12.5. The van der Waals surface area contributed by atoms with Crippen LogP contribution in [0.5, 0.6) is 0 Å².